The van der Waals surface area contributed by atoms with Crippen LogP contribution in [0, 0.1) is 0 Å². The SMILES string of the molecule is CCC(CO)N(Cc1ccncc1)C(=O)c1cc(-c2ccccc2)n(C)n1. The van der Waals surface area contributed by atoms with Gasteiger partial charge in [0.25, 0.3) is 5.91 Å². The maximum absolute atomic E-state index is 13.2. The Morgan fingerprint density at radius 1 is 1.19 bits per heavy atom. The third-order valence-corrected chi connectivity index (χ3v) is 4.65. The molecule has 0 radical (unpaired) electrons. The van der Waals surface area contributed by atoms with Crippen LogP contribution in [0.2, 0.25) is 0 Å². The zero-order valence-electron chi connectivity index (χ0n) is 15.6. The van der Waals surface area contributed by atoms with E-state index in [9.17, 15) is 9.90 Å². The van der Waals surface area contributed by atoms with Crippen LogP contribution in [-0.2, 0) is 13.6 Å². The summed E-state index contributed by atoms with van der Waals surface area (Å²) < 4.78 is 1.72. The molecule has 1 N–H and O–H groups in total. The number of rotatable bonds is 7. The summed E-state index contributed by atoms with van der Waals surface area (Å²) in [6, 6.07) is 15.1. The fourth-order valence-corrected chi connectivity index (χ4v) is 3.10. The largest absolute Gasteiger partial charge is 0.394 e. The van der Waals surface area contributed by atoms with Gasteiger partial charge in [0.2, 0.25) is 0 Å². The highest BCUT2D eigenvalue weighted by Crippen LogP contribution is 2.21. The summed E-state index contributed by atoms with van der Waals surface area (Å²) >= 11 is 0. The molecule has 0 aliphatic rings. The van der Waals surface area contributed by atoms with E-state index >= 15 is 0 Å². The van der Waals surface area contributed by atoms with Crippen molar-refractivity contribution in [3.8, 4) is 11.3 Å². The molecule has 1 aromatic carbocycles. The molecule has 6 heteroatoms. The number of amides is 1. The minimum Gasteiger partial charge on any atom is -0.394 e. The number of hydrogen-bond acceptors (Lipinski definition) is 4. The maximum Gasteiger partial charge on any atom is 0.275 e. The number of aliphatic hydroxyl groups is 1. The number of hydrogen-bond donors (Lipinski definition) is 1. The zero-order valence-corrected chi connectivity index (χ0v) is 15.6. The first kappa shape index (κ1) is 18.8. The summed E-state index contributed by atoms with van der Waals surface area (Å²) in [5.74, 6) is -0.189. The minimum absolute atomic E-state index is 0.0916. The second kappa shape index (κ2) is 8.60. The molecular formula is C21H24N4O2. The third-order valence-electron chi connectivity index (χ3n) is 4.65. The molecule has 27 heavy (non-hydrogen) atoms. The van der Waals surface area contributed by atoms with Crippen LogP contribution in [0.1, 0.15) is 29.4 Å². The highest BCUT2D eigenvalue weighted by Gasteiger charge is 2.26. The van der Waals surface area contributed by atoms with Crippen LogP contribution in [-0.4, -0.2) is 43.3 Å². The minimum atomic E-state index is -0.271. The van der Waals surface area contributed by atoms with Gasteiger partial charge in [-0.2, -0.15) is 5.10 Å². The highest BCUT2D eigenvalue weighted by atomic mass is 16.3. The van der Waals surface area contributed by atoms with Gasteiger partial charge in [-0.1, -0.05) is 37.3 Å². The van der Waals surface area contributed by atoms with Crippen LogP contribution in [0.25, 0.3) is 11.3 Å². The lowest BCUT2D eigenvalue weighted by Crippen LogP contribution is -2.41. The van der Waals surface area contributed by atoms with Gasteiger partial charge in [-0.3, -0.25) is 14.5 Å². The van der Waals surface area contributed by atoms with Gasteiger partial charge in [0, 0.05) is 26.0 Å². The van der Waals surface area contributed by atoms with Gasteiger partial charge in [0.15, 0.2) is 5.69 Å². The molecule has 1 amide bonds. The molecule has 0 aliphatic heterocycles. The van der Waals surface area contributed by atoms with E-state index in [4.69, 9.17) is 0 Å². The molecule has 3 rings (SSSR count). The van der Waals surface area contributed by atoms with E-state index in [1.165, 1.54) is 0 Å². The third kappa shape index (κ3) is 4.23. The number of pyridine rings is 1. The number of carbonyl (C=O) groups excluding carboxylic acids is 1. The van der Waals surface area contributed by atoms with Gasteiger partial charge in [-0.05, 0) is 35.7 Å². The quantitative estimate of drug-likeness (QED) is 0.700. The van der Waals surface area contributed by atoms with Crippen LogP contribution in [0.15, 0.2) is 60.9 Å². The van der Waals surface area contributed by atoms with Crippen LogP contribution in [0.4, 0.5) is 0 Å². The average molecular weight is 364 g/mol. The second-order valence-electron chi connectivity index (χ2n) is 6.44. The number of benzene rings is 1. The van der Waals surface area contributed by atoms with Crippen molar-refractivity contribution in [3.05, 3.63) is 72.2 Å². The van der Waals surface area contributed by atoms with Crippen molar-refractivity contribution in [1.82, 2.24) is 19.7 Å². The van der Waals surface area contributed by atoms with E-state index in [2.05, 4.69) is 10.1 Å². The lowest BCUT2D eigenvalue weighted by atomic mass is 10.1. The van der Waals surface area contributed by atoms with E-state index in [1.54, 1.807) is 28.0 Å². The smallest absolute Gasteiger partial charge is 0.275 e. The van der Waals surface area contributed by atoms with Gasteiger partial charge in [-0.15, -0.1) is 0 Å². The number of nitrogens with zero attached hydrogens (tertiary/aromatic N) is 4. The highest BCUT2D eigenvalue weighted by molar-refractivity contribution is 5.93. The molecule has 0 fully saturated rings. The molecule has 3 aromatic rings. The molecule has 6 nitrogen and oxygen atoms in total. The Morgan fingerprint density at radius 3 is 2.52 bits per heavy atom. The molecule has 0 bridgehead atoms. The molecule has 0 aliphatic carbocycles. The Hall–Kier alpha value is -2.99. The van der Waals surface area contributed by atoms with Crippen LogP contribution in [0.5, 0.6) is 0 Å². The van der Waals surface area contributed by atoms with Gasteiger partial charge in [0.1, 0.15) is 0 Å². The maximum atomic E-state index is 13.2. The summed E-state index contributed by atoms with van der Waals surface area (Å²) in [4.78, 5) is 18.9. The first-order chi connectivity index (χ1) is 13.1. The first-order valence-corrected chi connectivity index (χ1v) is 9.04. The van der Waals surface area contributed by atoms with Crippen molar-refractivity contribution in [1.29, 1.82) is 0 Å². The molecule has 2 heterocycles. The summed E-state index contributed by atoms with van der Waals surface area (Å²) in [5.41, 5.74) is 3.21. The Labute approximate surface area is 159 Å². The number of aliphatic hydroxyl groups excluding tert-OH is 1. The monoisotopic (exact) mass is 364 g/mol. The van der Waals surface area contributed by atoms with Crippen molar-refractivity contribution in [2.75, 3.05) is 6.61 Å². The van der Waals surface area contributed by atoms with E-state index < -0.39 is 0 Å². The summed E-state index contributed by atoms with van der Waals surface area (Å²) in [7, 11) is 1.83. The Bertz CT molecular complexity index is 874. The summed E-state index contributed by atoms with van der Waals surface area (Å²) in [5, 5.41) is 14.2. The van der Waals surface area contributed by atoms with Crippen LogP contribution in [0.3, 0.4) is 0 Å². The standard InChI is InChI=1S/C21H24N4O2/c1-3-18(15-26)25(14-16-9-11-22-12-10-16)21(27)19-13-20(24(2)23-19)17-7-5-4-6-8-17/h4-13,18,26H,3,14-15H2,1-2H3. The molecular weight excluding hydrogens is 340 g/mol. The predicted octanol–water partition coefficient (Wildman–Crippen LogP) is 2.90. The van der Waals surface area contributed by atoms with Gasteiger partial charge in [-0.25, -0.2) is 0 Å². The van der Waals surface area contributed by atoms with Crippen molar-refractivity contribution >= 4 is 5.91 Å². The van der Waals surface area contributed by atoms with Crippen molar-refractivity contribution in [2.45, 2.75) is 25.9 Å². The van der Waals surface area contributed by atoms with Gasteiger partial charge >= 0.3 is 0 Å². The van der Waals surface area contributed by atoms with Crippen molar-refractivity contribution in [3.63, 3.8) is 0 Å². The lowest BCUT2D eigenvalue weighted by Gasteiger charge is -2.29. The van der Waals surface area contributed by atoms with Gasteiger partial charge < -0.3 is 10.0 Å². The van der Waals surface area contributed by atoms with E-state index in [0.29, 0.717) is 18.7 Å². The fourth-order valence-electron chi connectivity index (χ4n) is 3.10. The molecule has 1 atom stereocenters. The topological polar surface area (TPSA) is 71.2 Å². The van der Waals surface area contributed by atoms with Gasteiger partial charge in [0.05, 0.1) is 18.3 Å². The Balaban J connectivity index is 1.92. The van der Waals surface area contributed by atoms with E-state index in [0.717, 1.165) is 16.8 Å². The number of aromatic nitrogens is 3. The zero-order chi connectivity index (χ0) is 19.2. The van der Waals surface area contributed by atoms with Crippen molar-refractivity contribution < 1.29 is 9.90 Å². The van der Waals surface area contributed by atoms with E-state index in [1.807, 2.05) is 56.4 Å². The lowest BCUT2D eigenvalue weighted by molar-refractivity contribution is 0.0557. The van der Waals surface area contributed by atoms with Crippen LogP contribution >= 0.6 is 0 Å². The van der Waals surface area contributed by atoms with Crippen LogP contribution < -0.4 is 0 Å². The molecule has 0 saturated heterocycles. The predicted molar refractivity (Wildman–Crippen MR) is 104 cm³/mol. The molecule has 1 unspecified atom stereocenters. The summed E-state index contributed by atoms with van der Waals surface area (Å²) in [6.45, 7) is 2.27. The average Bonchev–Trinajstić information content (AvgIpc) is 3.10. The Kier molecular flexibility index (Phi) is 5.98. The number of carbonyl (C=O) groups is 1. The summed E-state index contributed by atoms with van der Waals surface area (Å²) in [6.07, 6.45) is 4.06. The fraction of sp³-hybridized carbons (Fsp3) is 0.286. The van der Waals surface area contributed by atoms with Crippen molar-refractivity contribution in [2.24, 2.45) is 7.05 Å². The molecule has 140 valence electrons. The second-order valence-corrected chi connectivity index (χ2v) is 6.44. The first-order valence-electron chi connectivity index (χ1n) is 9.04. The molecule has 0 spiro atoms. The Morgan fingerprint density at radius 2 is 1.89 bits per heavy atom. The molecule has 2 aromatic heterocycles. The van der Waals surface area contributed by atoms with E-state index in [-0.39, 0.29) is 18.6 Å². The molecule has 0 saturated carbocycles. The number of aryl methyl sites for hydroxylation is 1. The normalized spacial score (nSPS) is 12.0.